The Morgan fingerprint density at radius 2 is 2.06 bits per heavy atom. The molecule has 0 atom stereocenters. The molecule has 0 spiro atoms. The molecular weight excluding hydrogens is 274 g/mol. The van der Waals surface area contributed by atoms with Gasteiger partial charge >= 0.3 is 5.97 Å². The van der Waals surface area contributed by atoms with Gasteiger partial charge in [0, 0.05) is 0 Å². The Hall–Kier alpha value is -1.10. The second-order valence-corrected chi connectivity index (χ2v) is 5.02. The number of hydrogen-bond acceptors (Lipinski definition) is 4. The normalized spacial score (nSPS) is 11.1. The molecule has 0 unspecified atom stereocenters. The molecule has 1 rings (SSSR count). The highest BCUT2D eigenvalue weighted by Crippen LogP contribution is 2.23. The van der Waals surface area contributed by atoms with Gasteiger partial charge in [0.15, 0.2) is 5.75 Å². The van der Waals surface area contributed by atoms with Gasteiger partial charge in [-0.3, -0.25) is 0 Å². The number of aromatic nitrogens is 1. The largest absolute Gasteiger partial charge is 0.494 e. The van der Waals surface area contributed by atoms with Crippen LogP contribution in [-0.4, -0.2) is 23.7 Å². The third kappa shape index (κ3) is 3.48. The Balaban J connectivity index is 3.02. The minimum Gasteiger partial charge on any atom is -0.494 e. The highest BCUT2D eigenvalue weighted by Gasteiger charge is 2.21. The molecule has 16 heavy (non-hydrogen) atoms. The predicted molar refractivity (Wildman–Crippen MR) is 63.7 cm³/mol. The molecule has 1 aromatic rings. The Morgan fingerprint density at radius 1 is 1.44 bits per heavy atom. The maximum Gasteiger partial charge on any atom is 0.342 e. The van der Waals surface area contributed by atoms with Crippen molar-refractivity contribution in [2.24, 2.45) is 0 Å². The van der Waals surface area contributed by atoms with Crippen molar-refractivity contribution in [1.82, 2.24) is 4.98 Å². The molecular formula is C11H14BrNO3. The van der Waals surface area contributed by atoms with E-state index in [-0.39, 0.29) is 0 Å². The van der Waals surface area contributed by atoms with Gasteiger partial charge in [-0.05, 0) is 42.8 Å². The minimum absolute atomic E-state index is 0.360. The third-order valence-corrected chi connectivity index (χ3v) is 2.11. The second-order valence-electron chi connectivity index (χ2n) is 4.21. The van der Waals surface area contributed by atoms with Gasteiger partial charge in [0.2, 0.25) is 0 Å². The summed E-state index contributed by atoms with van der Waals surface area (Å²) in [4.78, 5) is 15.8. The molecule has 4 nitrogen and oxygen atoms in total. The van der Waals surface area contributed by atoms with Crippen LogP contribution in [0.2, 0.25) is 0 Å². The summed E-state index contributed by atoms with van der Waals surface area (Å²) in [6.07, 6.45) is 1.48. The van der Waals surface area contributed by atoms with E-state index in [0.717, 1.165) is 0 Å². The van der Waals surface area contributed by atoms with Gasteiger partial charge in [-0.2, -0.15) is 0 Å². The highest BCUT2D eigenvalue weighted by molar-refractivity contribution is 9.10. The quantitative estimate of drug-likeness (QED) is 0.620. The van der Waals surface area contributed by atoms with Crippen molar-refractivity contribution in [3.63, 3.8) is 0 Å². The summed E-state index contributed by atoms with van der Waals surface area (Å²) in [6.45, 7) is 5.44. The molecule has 0 aliphatic heterocycles. The molecule has 0 aromatic carbocycles. The Bertz CT molecular complexity index is 399. The number of carbonyl (C=O) groups excluding carboxylic acids is 1. The molecule has 0 aliphatic rings. The minimum atomic E-state index is -0.530. The van der Waals surface area contributed by atoms with Crippen LogP contribution in [0, 0.1) is 0 Å². The first-order valence-electron chi connectivity index (χ1n) is 4.76. The molecule has 0 radical (unpaired) electrons. The van der Waals surface area contributed by atoms with Crippen molar-refractivity contribution in [2.45, 2.75) is 26.4 Å². The van der Waals surface area contributed by atoms with Crippen molar-refractivity contribution >= 4 is 21.9 Å². The van der Waals surface area contributed by atoms with E-state index in [1.807, 2.05) is 20.8 Å². The molecule has 0 fully saturated rings. The Morgan fingerprint density at radius 3 is 2.56 bits per heavy atom. The number of hydrogen-bond donors (Lipinski definition) is 0. The summed E-state index contributed by atoms with van der Waals surface area (Å²) in [5, 5.41) is 0. The maximum atomic E-state index is 11.8. The average molecular weight is 288 g/mol. The van der Waals surface area contributed by atoms with E-state index in [9.17, 15) is 4.79 Å². The predicted octanol–water partition coefficient (Wildman–Crippen LogP) is 2.81. The fraction of sp³-hybridized carbons (Fsp3) is 0.455. The van der Waals surface area contributed by atoms with Crippen LogP contribution >= 0.6 is 15.9 Å². The molecule has 0 N–H and O–H groups in total. The van der Waals surface area contributed by atoms with E-state index in [0.29, 0.717) is 15.9 Å². The summed E-state index contributed by atoms with van der Waals surface area (Å²) in [5.41, 5.74) is -0.169. The van der Waals surface area contributed by atoms with Crippen LogP contribution < -0.4 is 4.74 Å². The average Bonchev–Trinajstić information content (AvgIpc) is 2.15. The van der Waals surface area contributed by atoms with Gasteiger partial charge in [0.05, 0.1) is 13.3 Å². The zero-order valence-electron chi connectivity index (χ0n) is 9.70. The lowest BCUT2D eigenvalue weighted by Gasteiger charge is -2.20. The third-order valence-electron chi connectivity index (χ3n) is 1.67. The summed E-state index contributed by atoms with van der Waals surface area (Å²) >= 11 is 3.20. The van der Waals surface area contributed by atoms with Crippen molar-refractivity contribution in [3.8, 4) is 5.75 Å². The monoisotopic (exact) mass is 287 g/mol. The van der Waals surface area contributed by atoms with E-state index in [2.05, 4.69) is 20.9 Å². The molecule has 0 bridgehead atoms. The molecule has 1 aromatic heterocycles. The first-order chi connectivity index (χ1) is 7.33. The van der Waals surface area contributed by atoms with Gasteiger partial charge in [-0.1, -0.05) is 0 Å². The number of rotatable bonds is 2. The van der Waals surface area contributed by atoms with Crippen molar-refractivity contribution < 1.29 is 14.3 Å². The van der Waals surface area contributed by atoms with Crippen LogP contribution in [0.4, 0.5) is 0 Å². The Kier molecular flexibility index (Phi) is 3.91. The summed E-state index contributed by atoms with van der Waals surface area (Å²) < 4.78 is 10.9. The lowest BCUT2D eigenvalue weighted by molar-refractivity contribution is 0.00662. The van der Waals surface area contributed by atoms with Crippen LogP contribution in [0.1, 0.15) is 31.1 Å². The number of ether oxygens (including phenoxy) is 2. The van der Waals surface area contributed by atoms with Gasteiger partial charge < -0.3 is 9.47 Å². The first-order valence-corrected chi connectivity index (χ1v) is 5.55. The number of carbonyl (C=O) groups is 1. The van der Waals surface area contributed by atoms with E-state index >= 15 is 0 Å². The lowest BCUT2D eigenvalue weighted by Crippen LogP contribution is -2.24. The lowest BCUT2D eigenvalue weighted by atomic mass is 10.2. The summed E-state index contributed by atoms with van der Waals surface area (Å²) in [7, 11) is 1.48. The smallest absolute Gasteiger partial charge is 0.342 e. The molecule has 0 saturated carbocycles. The zero-order chi connectivity index (χ0) is 12.3. The number of pyridine rings is 1. The van der Waals surface area contributed by atoms with Crippen molar-refractivity contribution in [3.05, 3.63) is 22.4 Å². The fourth-order valence-electron chi connectivity index (χ4n) is 1.07. The van der Waals surface area contributed by atoms with Crippen molar-refractivity contribution in [2.75, 3.05) is 7.11 Å². The molecule has 0 amide bonds. The highest BCUT2D eigenvalue weighted by atomic mass is 79.9. The van der Waals surface area contributed by atoms with E-state index in [4.69, 9.17) is 9.47 Å². The summed E-state index contributed by atoms with van der Waals surface area (Å²) in [6, 6.07) is 1.58. The number of esters is 1. The molecule has 0 saturated heterocycles. The van der Waals surface area contributed by atoms with Gasteiger partial charge in [-0.25, -0.2) is 9.78 Å². The van der Waals surface area contributed by atoms with E-state index < -0.39 is 11.6 Å². The SMILES string of the molecule is COc1cnc(Br)cc1C(=O)OC(C)(C)C. The first kappa shape index (κ1) is 13.0. The number of halogens is 1. The standard InChI is InChI=1S/C11H14BrNO3/c1-11(2,3)16-10(14)7-5-9(12)13-6-8(7)15-4/h5-6H,1-4H3. The van der Waals surface area contributed by atoms with Crippen LogP contribution in [-0.2, 0) is 4.74 Å². The Labute approximate surface area is 103 Å². The van der Waals surface area contributed by atoms with Crippen LogP contribution in [0.5, 0.6) is 5.75 Å². The fourth-order valence-corrected chi connectivity index (χ4v) is 1.40. The molecule has 88 valence electrons. The second kappa shape index (κ2) is 4.82. The van der Waals surface area contributed by atoms with Gasteiger partial charge in [0.1, 0.15) is 15.8 Å². The zero-order valence-corrected chi connectivity index (χ0v) is 11.3. The number of methoxy groups -OCH3 is 1. The summed E-state index contributed by atoms with van der Waals surface area (Å²) in [5.74, 6) is -0.0232. The van der Waals surface area contributed by atoms with Crippen LogP contribution in [0.15, 0.2) is 16.9 Å². The van der Waals surface area contributed by atoms with Crippen LogP contribution in [0.25, 0.3) is 0 Å². The molecule has 1 heterocycles. The van der Waals surface area contributed by atoms with E-state index in [1.165, 1.54) is 13.3 Å². The topological polar surface area (TPSA) is 48.4 Å². The number of nitrogens with zero attached hydrogens (tertiary/aromatic N) is 1. The molecule has 5 heteroatoms. The van der Waals surface area contributed by atoms with Crippen molar-refractivity contribution in [1.29, 1.82) is 0 Å². The van der Waals surface area contributed by atoms with E-state index in [1.54, 1.807) is 6.07 Å². The van der Waals surface area contributed by atoms with Gasteiger partial charge in [0.25, 0.3) is 0 Å². The van der Waals surface area contributed by atoms with Crippen LogP contribution in [0.3, 0.4) is 0 Å². The molecule has 0 aliphatic carbocycles. The maximum absolute atomic E-state index is 11.8. The van der Waals surface area contributed by atoms with Gasteiger partial charge in [-0.15, -0.1) is 0 Å².